The van der Waals surface area contributed by atoms with E-state index in [1.165, 1.54) is 0 Å². The standard InChI is InChI=1S/C8H11N3O3/c1-3-14-8(13)6(2)10-11-7(12)4-5-9/h10H,2-4H2,1H3,(H,11,12). The predicted molar refractivity (Wildman–Crippen MR) is 47.3 cm³/mol. The molecular formula is C8H11N3O3. The molecule has 6 heteroatoms. The molecule has 0 saturated carbocycles. The number of ether oxygens (including phenoxy) is 1. The quantitative estimate of drug-likeness (QED) is 0.355. The minimum absolute atomic E-state index is 0.0851. The minimum atomic E-state index is -0.648. The van der Waals surface area contributed by atoms with Crippen molar-refractivity contribution in [1.29, 1.82) is 5.26 Å². The van der Waals surface area contributed by atoms with Gasteiger partial charge in [0.05, 0.1) is 12.7 Å². The van der Waals surface area contributed by atoms with Gasteiger partial charge in [-0.1, -0.05) is 6.58 Å². The van der Waals surface area contributed by atoms with Gasteiger partial charge in [-0.05, 0) is 6.92 Å². The number of hydrazine groups is 1. The van der Waals surface area contributed by atoms with Crippen molar-refractivity contribution >= 4 is 11.9 Å². The summed E-state index contributed by atoms with van der Waals surface area (Å²) in [6.07, 6.45) is -0.289. The lowest BCUT2D eigenvalue weighted by Gasteiger charge is -2.08. The summed E-state index contributed by atoms with van der Waals surface area (Å²) in [6.45, 7) is 5.20. The van der Waals surface area contributed by atoms with Gasteiger partial charge >= 0.3 is 5.97 Å². The van der Waals surface area contributed by atoms with E-state index in [2.05, 4.69) is 22.2 Å². The normalized spacial score (nSPS) is 8.29. The number of carbonyl (C=O) groups excluding carboxylic acids is 2. The van der Waals surface area contributed by atoms with E-state index in [1.807, 2.05) is 0 Å². The minimum Gasteiger partial charge on any atom is -0.461 e. The lowest BCUT2D eigenvalue weighted by atomic mass is 10.4. The van der Waals surface area contributed by atoms with E-state index >= 15 is 0 Å². The van der Waals surface area contributed by atoms with Crippen LogP contribution in [-0.2, 0) is 14.3 Å². The summed E-state index contributed by atoms with van der Waals surface area (Å²) in [5.74, 6) is -1.19. The Morgan fingerprint density at radius 2 is 2.14 bits per heavy atom. The zero-order valence-corrected chi connectivity index (χ0v) is 7.79. The van der Waals surface area contributed by atoms with Gasteiger partial charge < -0.3 is 4.74 Å². The largest absolute Gasteiger partial charge is 0.461 e. The van der Waals surface area contributed by atoms with Gasteiger partial charge in [-0.15, -0.1) is 0 Å². The Kier molecular flexibility index (Phi) is 5.54. The fourth-order valence-corrected chi connectivity index (χ4v) is 0.530. The Balaban J connectivity index is 3.80. The van der Waals surface area contributed by atoms with Crippen molar-refractivity contribution in [2.75, 3.05) is 6.61 Å². The molecule has 0 heterocycles. The van der Waals surface area contributed by atoms with Crippen molar-refractivity contribution in [2.24, 2.45) is 0 Å². The summed E-state index contributed by atoms with van der Waals surface area (Å²) in [5, 5.41) is 8.14. The molecule has 0 unspecified atom stereocenters. The molecule has 0 aliphatic heterocycles. The number of hydrogen-bond acceptors (Lipinski definition) is 5. The van der Waals surface area contributed by atoms with E-state index in [0.29, 0.717) is 0 Å². The molecule has 14 heavy (non-hydrogen) atoms. The van der Waals surface area contributed by atoms with E-state index in [1.54, 1.807) is 13.0 Å². The van der Waals surface area contributed by atoms with Crippen LogP contribution in [0.4, 0.5) is 0 Å². The number of nitriles is 1. The van der Waals surface area contributed by atoms with Gasteiger partial charge in [0.15, 0.2) is 0 Å². The second kappa shape index (κ2) is 6.48. The second-order valence-corrected chi connectivity index (χ2v) is 2.21. The summed E-state index contributed by atoms with van der Waals surface area (Å²) < 4.78 is 4.58. The van der Waals surface area contributed by atoms with Crippen LogP contribution in [0, 0.1) is 11.3 Å². The molecule has 2 N–H and O–H groups in total. The monoisotopic (exact) mass is 197 g/mol. The highest BCUT2D eigenvalue weighted by molar-refractivity contribution is 5.87. The van der Waals surface area contributed by atoms with Gasteiger partial charge in [-0.3, -0.25) is 15.6 Å². The third-order valence-electron chi connectivity index (χ3n) is 1.11. The number of carbonyl (C=O) groups is 2. The van der Waals surface area contributed by atoms with Gasteiger partial charge in [-0.2, -0.15) is 5.26 Å². The lowest BCUT2D eigenvalue weighted by Crippen LogP contribution is -2.38. The van der Waals surface area contributed by atoms with Crippen molar-refractivity contribution in [3.05, 3.63) is 12.3 Å². The number of amides is 1. The Morgan fingerprint density at radius 3 is 2.64 bits per heavy atom. The molecule has 0 aromatic heterocycles. The van der Waals surface area contributed by atoms with Crippen molar-refractivity contribution in [1.82, 2.24) is 10.9 Å². The first-order chi connectivity index (χ1) is 6.61. The van der Waals surface area contributed by atoms with Crippen LogP contribution in [0.15, 0.2) is 12.3 Å². The van der Waals surface area contributed by atoms with Gasteiger partial charge in [0.2, 0.25) is 0 Å². The third-order valence-corrected chi connectivity index (χ3v) is 1.11. The average Bonchev–Trinajstić information content (AvgIpc) is 2.15. The summed E-state index contributed by atoms with van der Waals surface area (Å²) in [4.78, 5) is 21.7. The SMILES string of the molecule is C=C(NNC(=O)CC#N)C(=O)OCC. The molecule has 0 aliphatic carbocycles. The molecule has 0 atom stereocenters. The topological polar surface area (TPSA) is 91.2 Å². The van der Waals surface area contributed by atoms with Gasteiger partial charge in [0.25, 0.3) is 5.91 Å². The maximum atomic E-state index is 10.9. The van der Waals surface area contributed by atoms with E-state index < -0.39 is 11.9 Å². The fraction of sp³-hybridized carbons (Fsp3) is 0.375. The fourth-order valence-electron chi connectivity index (χ4n) is 0.530. The third kappa shape index (κ3) is 4.77. The Labute approximate surface area is 81.5 Å². The molecule has 76 valence electrons. The molecule has 0 radical (unpaired) electrons. The molecule has 0 spiro atoms. The van der Waals surface area contributed by atoms with E-state index in [4.69, 9.17) is 5.26 Å². The molecule has 0 aromatic rings. The molecule has 0 aromatic carbocycles. The number of hydrogen-bond donors (Lipinski definition) is 2. The van der Waals surface area contributed by atoms with Crippen LogP contribution >= 0.6 is 0 Å². The lowest BCUT2D eigenvalue weighted by molar-refractivity contribution is -0.139. The van der Waals surface area contributed by atoms with Crippen LogP contribution in [0.5, 0.6) is 0 Å². The molecular weight excluding hydrogens is 186 g/mol. The summed E-state index contributed by atoms with van der Waals surface area (Å²) in [7, 11) is 0. The van der Waals surface area contributed by atoms with Crippen LogP contribution in [0.3, 0.4) is 0 Å². The molecule has 1 amide bonds. The van der Waals surface area contributed by atoms with Crippen LogP contribution in [0.1, 0.15) is 13.3 Å². The van der Waals surface area contributed by atoms with Crippen LogP contribution < -0.4 is 10.9 Å². The molecule has 0 bridgehead atoms. The van der Waals surface area contributed by atoms with Gasteiger partial charge in [0, 0.05) is 0 Å². The number of rotatable bonds is 5. The molecule has 0 fully saturated rings. The Bertz CT molecular complexity index is 280. The predicted octanol–water partition coefficient (Wildman–Crippen LogP) is -0.402. The highest BCUT2D eigenvalue weighted by Gasteiger charge is 2.07. The highest BCUT2D eigenvalue weighted by atomic mass is 16.5. The van der Waals surface area contributed by atoms with Crippen molar-refractivity contribution < 1.29 is 14.3 Å². The van der Waals surface area contributed by atoms with Gasteiger partial charge in [-0.25, -0.2) is 4.79 Å². The Hall–Kier alpha value is -2.03. The van der Waals surface area contributed by atoms with Crippen LogP contribution in [-0.4, -0.2) is 18.5 Å². The molecule has 0 rings (SSSR count). The second-order valence-electron chi connectivity index (χ2n) is 2.21. The van der Waals surface area contributed by atoms with E-state index in [0.717, 1.165) is 0 Å². The average molecular weight is 197 g/mol. The number of nitrogens with one attached hydrogen (secondary N) is 2. The first kappa shape index (κ1) is 12.0. The van der Waals surface area contributed by atoms with Crippen molar-refractivity contribution in [3.8, 4) is 6.07 Å². The van der Waals surface area contributed by atoms with E-state index in [9.17, 15) is 9.59 Å². The molecule has 0 saturated heterocycles. The Morgan fingerprint density at radius 1 is 1.50 bits per heavy atom. The highest BCUT2D eigenvalue weighted by Crippen LogP contribution is 1.87. The molecule has 0 aliphatic rings. The van der Waals surface area contributed by atoms with Crippen LogP contribution in [0.2, 0.25) is 0 Å². The zero-order valence-electron chi connectivity index (χ0n) is 7.79. The first-order valence-electron chi connectivity index (χ1n) is 3.89. The molecule has 6 nitrogen and oxygen atoms in total. The maximum Gasteiger partial charge on any atom is 0.355 e. The number of nitrogens with zero attached hydrogens (tertiary/aromatic N) is 1. The number of esters is 1. The summed E-state index contributed by atoms with van der Waals surface area (Å²) in [5.41, 5.74) is 4.26. The van der Waals surface area contributed by atoms with Gasteiger partial charge in [0.1, 0.15) is 12.1 Å². The summed E-state index contributed by atoms with van der Waals surface area (Å²) in [6, 6.07) is 1.65. The van der Waals surface area contributed by atoms with E-state index in [-0.39, 0.29) is 18.7 Å². The summed E-state index contributed by atoms with van der Waals surface area (Å²) >= 11 is 0. The van der Waals surface area contributed by atoms with Crippen LogP contribution in [0.25, 0.3) is 0 Å². The zero-order chi connectivity index (χ0) is 11.0. The first-order valence-corrected chi connectivity index (χ1v) is 3.89. The van der Waals surface area contributed by atoms with Crippen molar-refractivity contribution in [3.63, 3.8) is 0 Å². The maximum absolute atomic E-state index is 10.9. The van der Waals surface area contributed by atoms with Crippen molar-refractivity contribution in [2.45, 2.75) is 13.3 Å². The smallest absolute Gasteiger partial charge is 0.355 e.